The number of rotatable bonds is 26. The quantitative estimate of drug-likeness (QED) is 0.0799. The minimum absolute atomic E-state index is 0.0574. The maximum atomic E-state index is 11.8. The van der Waals surface area contributed by atoms with Gasteiger partial charge in [-0.15, -0.1) is 0 Å². The van der Waals surface area contributed by atoms with Gasteiger partial charge in [-0.3, -0.25) is 4.79 Å². The number of unbranched alkanes of at least 4 members (excludes halogenated alkanes) is 11. The molecule has 4 N–H and O–H groups in total. The van der Waals surface area contributed by atoms with Crippen LogP contribution in [-0.2, 0) is 19.0 Å². The molecule has 0 heterocycles. The maximum absolute atomic E-state index is 11.8. The molecular formula is C27H52O8. The zero-order valence-corrected chi connectivity index (χ0v) is 22.0. The molecule has 0 aliphatic rings. The molecule has 3 atom stereocenters. The molecule has 0 bridgehead atoms. The van der Waals surface area contributed by atoms with Crippen LogP contribution in [0.4, 0.5) is 0 Å². The van der Waals surface area contributed by atoms with Crippen LogP contribution < -0.4 is 0 Å². The molecule has 0 aliphatic heterocycles. The van der Waals surface area contributed by atoms with E-state index < -0.39 is 24.9 Å². The van der Waals surface area contributed by atoms with E-state index in [-0.39, 0.29) is 39.0 Å². The summed E-state index contributed by atoms with van der Waals surface area (Å²) in [5, 5.41) is 37.3. The van der Waals surface area contributed by atoms with E-state index in [1.54, 1.807) is 0 Å². The molecule has 0 saturated heterocycles. The Hall–Kier alpha value is -1.03. The van der Waals surface area contributed by atoms with Gasteiger partial charge in [0.2, 0.25) is 0 Å². The van der Waals surface area contributed by atoms with Crippen molar-refractivity contribution >= 4 is 5.97 Å². The Kier molecular flexibility index (Phi) is 25.3. The van der Waals surface area contributed by atoms with Gasteiger partial charge in [-0.1, -0.05) is 70.4 Å². The second kappa shape index (κ2) is 26.0. The van der Waals surface area contributed by atoms with E-state index in [1.807, 2.05) is 0 Å². The first kappa shape index (κ1) is 34.0. The van der Waals surface area contributed by atoms with E-state index in [4.69, 9.17) is 24.4 Å². The molecule has 208 valence electrons. The van der Waals surface area contributed by atoms with E-state index in [1.165, 1.54) is 57.8 Å². The Morgan fingerprint density at radius 3 is 1.66 bits per heavy atom. The number of aliphatic hydroxyl groups excluding tert-OH is 4. The van der Waals surface area contributed by atoms with Crippen LogP contribution >= 0.6 is 0 Å². The summed E-state index contributed by atoms with van der Waals surface area (Å²) < 4.78 is 15.3. The third-order valence-corrected chi connectivity index (χ3v) is 5.53. The van der Waals surface area contributed by atoms with Crippen LogP contribution in [0.3, 0.4) is 0 Å². The first-order valence-electron chi connectivity index (χ1n) is 13.6. The summed E-state index contributed by atoms with van der Waals surface area (Å²) in [5.74, 6) is -0.322. The number of hydrogen-bond donors (Lipinski definition) is 4. The fourth-order valence-corrected chi connectivity index (χ4v) is 3.43. The standard InChI is InChI=1S/C27H52O8/c1-2-3-4-5-6-7-8-9-10-11-12-13-14-15-16-17-27(32)35-23-26(31)22-34-21-25(30)20-33-19-24(29)18-28/h9-10,24-26,28-31H,2-8,11-23H2,1H3/b10-9-/t24-,25-,26-/m1/s1. The van der Waals surface area contributed by atoms with Crippen LogP contribution in [0.25, 0.3) is 0 Å². The van der Waals surface area contributed by atoms with Crippen molar-refractivity contribution in [2.24, 2.45) is 0 Å². The molecule has 0 rings (SSSR count). The molecule has 8 heteroatoms. The predicted molar refractivity (Wildman–Crippen MR) is 137 cm³/mol. The van der Waals surface area contributed by atoms with E-state index >= 15 is 0 Å². The molecule has 0 unspecified atom stereocenters. The Morgan fingerprint density at radius 1 is 0.657 bits per heavy atom. The van der Waals surface area contributed by atoms with Crippen molar-refractivity contribution in [2.45, 2.75) is 115 Å². The second-order valence-corrected chi connectivity index (χ2v) is 9.24. The molecular weight excluding hydrogens is 452 g/mol. The fourth-order valence-electron chi connectivity index (χ4n) is 3.43. The van der Waals surface area contributed by atoms with Gasteiger partial charge in [0.25, 0.3) is 0 Å². The zero-order chi connectivity index (χ0) is 26.0. The maximum Gasteiger partial charge on any atom is 0.305 e. The number of esters is 1. The third-order valence-electron chi connectivity index (χ3n) is 5.53. The van der Waals surface area contributed by atoms with Crippen molar-refractivity contribution in [3.8, 4) is 0 Å². The lowest BCUT2D eigenvalue weighted by Gasteiger charge is -2.15. The minimum Gasteiger partial charge on any atom is -0.463 e. The van der Waals surface area contributed by atoms with Gasteiger partial charge in [-0.05, 0) is 32.1 Å². The van der Waals surface area contributed by atoms with Gasteiger partial charge < -0.3 is 34.6 Å². The summed E-state index contributed by atoms with van der Waals surface area (Å²) >= 11 is 0. The predicted octanol–water partition coefficient (Wildman–Crippen LogP) is 3.68. The lowest BCUT2D eigenvalue weighted by atomic mass is 10.1. The smallest absolute Gasteiger partial charge is 0.305 e. The molecule has 35 heavy (non-hydrogen) atoms. The lowest BCUT2D eigenvalue weighted by molar-refractivity contribution is -0.148. The van der Waals surface area contributed by atoms with Gasteiger partial charge in [0.15, 0.2) is 0 Å². The Labute approximate surface area is 212 Å². The van der Waals surface area contributed by atoms with Gasteiger partial charge in [0, 0.05) is 6.42 Å². The van der Waals surface area contributed by atoms with Gasteiger partial charge in [0.05, 0.1) is 33.0 Å². The molecule has 0 radical (unpaired) electrons. The molecule has 0 aromatic rings. The van der Waals surface area contributed by atoms with Crippen LogP contribution in [0.15, 0.2) is 12.2 Å². The molecule has 0 aromatic heterocycles. The number of hydrogen-bond acceptors (Lipinski definition) is 8. The third kappa shape index (κ3) is 25.9. The van der Waals surface area contributed by atoms with Gasteiger partial charge >= 0.3 is 5.97 Å². The molecule has 0 spiro atoms. The number of carbonyl (C=O) groups excluding carboxylic acids is 1. The average Bonchev–Trinajstić information content (AvgIpc) is 2.85. The topological polar surface area (TPSA) is 126 Å². The highest BCUT2D eigenvalue weighted by atomic mass is 16.6. The van der Waals surface area contributed by atoms with Crippen LogP contribution in [0.2, 0.25) is 0 Å². The van der Waals surface area contributed by atoms with Gasteiger partial charge in [-0.25, -0.2) is 0 Å². The minimum atomic E-state index is -0.980. The molecule has 0 saturated carbocycles. The van der Waals surface area contributed by atoms with E-state index in [0.29, 0.717) is 6.42 Å². The van der Waals surface area contributed by atoms with Crippen LogP contribution in [0.1, 0.15) is 96.8 Å². The average molecular weight is 505 g/mol. The molecule has 8 nitrogen and oxygen atoms in total. The summed E-state index contributed by atoms with van der Waals surface area (Å²) in [4.78, 5) is 11.8. The summed E-state index contributed by atoms with van der Waals surface area (Å²) in [5.41, 5.74) is 0. The number of allylic oxidation sites excluding steroid dienone is 2. The van der Waals surface area contributed by atoms with Crippen molar-refractivity contribution in [3.05, 3.63) is 12.2 Å². The highest BCUT2D eigenvalue weighted by Gasteiger charge is 2.12. The van der Waals surface area contributed by atoms with Crippen molar-refractivity contribution in [1.82, 2.24) is 0 Å². The van der Waals surface area contributed by atoms with Crippen LogP contribution in [0, 0.1) is 0 Å². The molecule has 0 aliphatic carbocycles. The Balaban J connectivity index is 3.45. The van der Waals surface area contributed by atoms with Gasteiger partial charge in [0.1, 0.15) is 24.9 Å². The van der Waals surface area contributed by atoms with Crippen molar-refractivity contribution in [2.75, 3.05) is 39.6 Å². The van der Waals surface area contributed by atoms with Gasteiger partial charge in [-0.2, -0.15) is 0 Å². The van der Waals surface area contributed by atoms with Crippen molar-refractivity contribution in [1.29, 1.82) is 0 Å². The molecule has 0 amide bonds. The first-order valence-corrected chi connectivity index (χ1v) is 13.6. The normalized spacial score (nSPS) is 14.3. The number of aliphatic hydroxyl groups is 4. The Morgan fingerprint density at radius 2 is 1.11 bits per heavy atom. The number of carbonyl (C=O) groups is 1. The van der Waals surface area contributed by atoms with Crippen LogP contribution in [0.5, 0.6) is 0 Å². The molecule has 0 fully saturated rings. The largest absolute Gasteiger partial charge is 0.463 e. The van der Waals surface area contributed by atoms with E-state index in [0.717, 1.165) is 25.7 Å². The summed E-state index contributed by atoms with van der Waals surface area (Å²) in [6.07, 6.45) is 17.8. The second-order valence-electron chi connectivity index (χ2n) is 9.24. The van der Waals surface area contributed by atoms with Crippen LogP contribution in [-0.4, -0.2) is 84.3 Å². The first-order chi connectivity index (χ1) is 17.0. The Bertz CT molecular complexity index is 486. The molecule has 0 aromatic carbocycles. The van der Waals surface area contributed by atoms with E-state index in [2.05, 4.69) is 19.1 Å². The van der Waals surface area contributed by atoms with Crippen molar-refractivity contribution < 1.29 is 39.4 Å². The summed E-state index contributed by atoms with van der Waals surface area (Å²) in [6.45, 7) is 1.43. The summed E-state index contributed by atoms with van der Waals surface area (Å²) in [6, 6.07) is 0. The number of ether oxygens (including phenoxy) is 3. The lowest BCUT2D eigenvalue weighted by Crippen LogP contribution is -2.29. The van der Waals surface area contributed by atoms with Crippen molar-refractivity contribution in [3.63, 3.8) is 0 Å². The highest BCUT2D eigenvalue weighted by molar-refractivity contribution is 5.69. The monoisotopic (exact) mass is 504 g/mol. The highest BCUT2D eigenvalue weighted by Crippen LogP contribution is 2.10. The van der Waals surface area contributed by atoms with E-state index in [9.17, 15) is 15.0 Å². The SMILES string of the molecule is CCCCCCCC/C=C\CCCCCCCC(=O)OC[C@H](O)COC[C@H](O)COC[C@H](O)CO. The fraction of sp³-hybridized carbons (Fsp3) is 0.889. The summed E-state index contributed by atoms with van der Waals surface area (Å²) in [7, 11) is 0. The zero-order valence-electron chi connectivity index (χ0n) is 22.0.